The number of esters is 2. The molecule has 0 fully saturated rings. The van der Waals surface area contributed by atoms with E-state index in [1.807, 2.05) is 6.92 Å². The molecule has 11 heteroatoms. The first-order chi connectivity index (χ1) is 18.8. The number of carbonyl (C=O) groups is 2. The summed E-state index contributed by atoms with van der Waals surface area (Å²) in [5, 5.41) is 0. The molecule has 0 saturated heterocycles. The molecule has 39 heavy (non-hydrogen) atoms. The van der Waals surface area contributed by atoms with Gasteiger partial charge in [-0.1, -0.05) is 71.1 Å². The third kappa shape index (κ3) is 9.77. The zero-order valence-corrected chi connectivity index (χ0v) is 23.4. The fourth-order valence-electron chi connectivity index (χ4n) is 4.21. The largest absolute Gasteiger partial charge is 0.461 e. The monoisotopic (exact) mass is 547 g/mol. The number of nitrogen functional groups attached to an aromatic ring is 1. The number of methoxy groups -OCH3 is 1. The molecular weight excluding hydrogens is 505 g/mol. The molecule has 2 rings (SSSR count). The maximum atomic E-state index is 13.9. The Morgan fingerprint density at radius 3 is 2.33 bits per heavy atom. The standard InChI is InChI=1S/C28H42FN5O5/c1-5-8-10-11-12-13-14-15-17-23(36)39-21(28(7-3,37-4)19-38-22(35)16-9-6-2)18-34-20-31-24-25(30)32-27(29)33-26(24)34/h3,20-21H,5-6,8-19H2,1-2,4H3,(H2,30,32,33)/t21-,28?/m0/s1. The lowest BCUT2D eigenvalue weighted by atomic mass is 9.97. The Morgan fingerprint density at radius 1 is 1.05 bits per heavy atom. The number of ether oxygens (including phenoxy) is 3. The van der Waals surface area contributed by atoms with Crippen LogP contribution < -0.4 is 5.73 Å². The van der Waals surface area contributed by atoms with E-state index in [1.165, 1.54) is 43.7 Å². The number of hydrogen-bond donors (Lipinski definition) is 1. The van der Waals surface area contributed by atoms with E-state index in [0.29, 0.717) is 12.8 Å². The molecular formula is C28H42FN5O5. The number of halogens is 1. The van der Waals surface area contributed by atoms with Gasteiger partial charge < -0.3 is 24.5 Å². The zero-order chi connectivity index (χ0) is 28.7. The number of carbonyl (C=O) groups excluding carboxylic acids is 2. The van der Waals surface area contributed by atoms with E-state index in [2.05, 4.69) is 27.8 Å². The van der Waals surface area contributed by atoms with Crippen molar-refractivity contribution in [2.45, 2.75) is 109 Å². The third-order valence-electron chi connectivity index (χ3n) is 6.64. The van der Waals surface area contributed by atoms with Crippen LogP contribution in [0.4, 0.5) is 10.2 Å². The highest BCUT2D eigenvalue weighted by Gasteiger charge is 2.42. The second-order valence-corrected chi connectivity index (χ2v) is 9.65. The first-order valence-electron chi connectivity index (χ1n) is 13.8. The fourth-order valence-corrected chi connectivity index (χ4v) is 4.21. The molecule has 2 heterocycles. The quantitative estimate of drug-likeness (QED) is 0.115. The summed E-state index contributed by atoms with van der Waals surface area (Å²) < 4.78 is 32.3. The first kappa shape index (κ1) is 32.0. The molecule has 0 saturated carbocycles. The van der Waals surface area contributed by atoms with Gasteiger partial charge in [-0.2, -0.15) is 14.4 Å². The number of imidazole rings is 1. The van der Waals surface area contributed by atoms with Crippen molar-refractivity contribution < 1.29 is 28.2 Å². The highest BCUT2D eigenvalue weighted by Crippen LogP contribution is 2.25. The lowest BCUT2D eigenvalue weighted by Gasteiger charge is -2.34. The van der Waals surface area contributed by atoms with E-state index >= 15 is 0 Å². The summed E-state index contributed by atoms with van der Waals surface area (Å²) in [7, 11) is 1.35. The Morgan fingerprint density at radius 2 is 1.69 bits per heavy atom. The van der Waals surface area contributed by atoms with Crippen molar-refractivity contribution in [2.75, 3.05) is 19.5 Å². The summed E-state index contributed by atoms with van der Waals surface area (Å²) >= 11 is 0. The molecule has 0 bridgehead atoms. The molecule has 0 aliphatic rings. The van der Waals surface area contributed by atoms with Crippen molar-refractivity contribution in [1.82, 2.24) is 19.5 Å². The van der Waals surface area contributed by atoms with Crippen LogP contribution in [-0.4, -0.2) is 56.9 Å². The number of terminal acetylenes is 1. The first-order valence-corrected chi connectivity index (χ1v) is 13.8. The molecule has 0 amide bonds. The van der Waals surface area contributed by atoms with Crippen LogP contribution >= 0.6 is 0 Å². The Balaban J connectivity index is 2.18. The lowest BCUT2D eigenvalue weighted by molar-refractivity contribution is -0.174. The van der Waals surface area contributed by atoms with Crippen LogP contribution in [0.25, 0.3) is 11.2 Å². The van der Waals surface area contributed by atoms with E-state index < -0.39 is 29.7 Å². The second kappa shape index (κ2) is 16.6. The molecule has 2 aromatic heterocycles. The van der Waals surface area contributed by atoms with Crippen LogP contribution in [-0.2, 0) is 30.3 Å². The van der Waals surface area contributed by atoms with Gasteiger partial charge in [-0.25, -0.2) is 4.98 Å². The third-order valence-corrected chi connectivity index (χ3v) is 6.64. The van der Waals surface area contributed by atoms with Crippen LogP contribution in [0.3, 0.4) is 0 Å². The number of hydrogen-bond acceptors (Lipinski definition) is 9. The van der Waals surface area contributed by atoms with Gasteiger partial charge in [-0.15, -0.1) is 6.42 Å². The van der Waals surface area contributed by atoms with E-state index in [0.717, 1.165) is 25.7 Å². The van der Waals surface area contributed by atoms with Crippen molar-refractivity contribution in [3.8, 4) is 12.3 Å². The van der Waals surface area contributed by atoms with Crippen LogP contribution in [0.2, 0.25) is 0 Å². The van der Waals surface area contributed by atoms with Gasteiger partial charge in [0.05, 0.1) is 12.9 Å². The molecule has 0 aliphatic carbocycles. The Labute approximate surface area is 230 Å². The van der Waals surface area contributed by atoms with Crippen molar-refractivity contribution in [1.29, 1.82) is 0 Å². The number of nitrogens with two attached hydrogens (primary N) is 1. The van der Waals surface area contributed by atoms with Gasteiger partial charge in [-0.05, 0) is 12.8 Å². The van der Waals surface area contributed by atoms with Gasteiger partial charge in [0.25, 0.3) is 0 Å². The van der Waals surface area contributed by atoms with E-state index in [4.69, 9.17) is 26.4 Å². The van der Waals surface area contributed by atoms with Crippen molar-refractivity contribution in [3.63, 3.8) is 0 Å². The highest BCUT2D eigenvalue weighted by molar-refractivity contribution is 5.81. The predicted molar refractivity (Wildman–Crippen MR) is 146 cm³/mol. The number of fused-ring (bicyclic) bond motifs is 1. The molecule has 0 spiro atoms. The molecule has 2 aromatic rings. The van der Waals surface area contributed by atoms with Gasteiger partial charge in [-0.3, -0.25) is 9.59 Å². The van der Waals surface area contributed by atoms with Gasteiger partial charge in [0.2, 0.25) is 5.60 Å². The molecule has 216 valence electrons. The summed E-state index contributed by atoms with van der Waals surface area (Å²) in [6.07, 6.45) is 15.7. The molecule has 0 aliphatic heterocycles. The van der Waals surface area contributed by atoms with Crippen LogP contribution in [0.15, 0.2) is 6.33 Å². The lowest BCUT2D eigenvalue weighted by Crippen LogP contribution is -2.51. The number of rotatable bonds is 19. The van der Waals surface area contributed by atoms with E-state index in [1.54, 1.807) is 0 Å². The molecule has 0 radical (unpaired) electrons. The minimum atomic E-state index is -1.61. The summed E-state index contributed by atoms with van der Waals surface area (Å²) in [5.41, 5.74) is 4.47. The average Bonchev–Trinajstić information content (AvgIpc) is 3.32. The number of unbranched alkanes of at least 4 members (excludes halogenated alkanes) is 8. The maximum Gasteiger partial charge on any atom is 0.312 e. The van der Waals surface area contributed by atoms with Crippen LogP contribution in [0.5, 0.6) is 0 Å². The van der Waals surface area contributed by atoms with Gasteiger partial charge in [0.15, 0.2) is 17.6 Å². The Bertz CT molecular complexity index is 1100. The molecule has 2 N–H and O–H groups in total. The topological polar surface area (TPSA) is 131 Å². The molecule has 10 nitrogen and oxygen atoms in total. The number of aromatic nitrogens is 4. The summed E-state index contributed by atoms with van der Waals surface area (Å²) in [5.74, 6) is 1.49. The Hall–Kier alpha value is -3.26. The van der Waals surface area contributed by atoms with Crippen molar-refractivity contribution >= 4 is 28.9 Å². The SMILES string of the molecule is C#CC(COC(=O)CCCC)(OC)[C@H](Cn1cnc2c(N)nc(F)nc21)OC(=O)CCCCCCCCCC. The predicted octanol–water partition coefficient (Wildman–Crippen LogP) is 4.74. The molecule has 1 unspecified atom stereocenters. The van der Waals surface area contributed by atoms with E-state index in [-0.39, 0.29) is 43.0 Å². The smallest absolute Gasteiger partial charge is 0.312 e. The normalized spacial score (nSPS) is 13.5. The van der Waals surface area contributed by atoms with E-state index in [9.17, 15) is 14.0 Å². The number of anilines is 1. The van der Waals surface area contributed by atoms with Gasteiger partial charge in [0, 0.05) is 20.0 Å². The summed E-state index contributed by atoms with van der Waals surface area (Å²) in [4.78, 5) is 36.6. The maximum absolute atomic E-state index is 13.9. The Kier molecular flexibility index (Phi) is 13.6. The minimum absolute atomic E-state index is 0.0971. The highest BCUT2D eigenvalue weighted by atomic mass is 19.1. The fraction of sp³-hybridized carbons (Fsp3) is 0.679. The van der Waals surface area contributed by atoms with Crippen molar-refractivity contribution in [2.24, 2.45) is 0 Å². The summed E-state index contributed by atoms with van der Waals surface area (Å²) in [6, 6.07) is 0. The average molecular weight is 548 g/mol. The summed E-state index contributed by atoms with van der Waals surface area (Å²) in [6.45, 7) is 3.71. The van der Waals surface area contributed by atoms with Gasteiger partial charge in [0.1, 0.15) is 12.1 Å². The zero-order valence-electron chi connectivity index (χ0n) is 23.4. The second-order valence-electron chi connectivity index (χ2n) is 9.65. The minimum Gasteiger partial charge on any atom is -0.461 e. The molecule has 0 aromatic carbocycles. The van der Waals surface area contributed by atoms with Crippen LogP contribution in [0, 0.1) is 18.4 Å². The number of nitrogens with zero attached hydrogens (tertiary/aromatic N) is 4. The van der Waals surface area contributed by atoms with Gasteiger partial charge >= 0.3 is 18.0 Å². The van der Waals surface area contributed by atoms with Crippen LogP contribution in [0.1, 0.15) is 90.9 Å². The van der Waals surface area contributed by atoms with Crippen molar-refractivity contribution in [3.05, 3.63) is 12.4 Å². The molecule has 2 atom stereocenters.